The second-order valence-electron chi connectivity index (χ2n) is 6.32. The zero-order chi connectivity index (χ0) is 18.2. The summed E-state index contributed by atoms with van der Waals surface area (Å²) in [4.78, 5) is 2.10. The molecule has 25 heavy (non-hydrogen) atoms. The predicted molar refractivity (Wildman–Crippen MR) is 82.6 cm³/mol. The van der Waals surface area contributed by atoms with Crippen LogP contribution in [0.4, 0.5) is 13.2 Å². The second-order valence-corrected chi connectivity index (χ2v) is 8.04. The maximum Gasteiger partial charge on any atom is 0.573 e. The quantitative estimate of drug-likeness (QED) is 0.862. The molecule has 3 atom stereocenters. The highest BCUT2D eigenvalue weighted by Gasteiger charge is 2.38. The van der Waals surface area contributed by atoms with Gasteiger partial charge >= 0.3 is 6.36 Å². The SMILES string of the molecule is C[C@H]1CN2C[C@H](NS(=O)(=O)c3ccc(OC(F)(F)F)cc3)C[C@H]2CO1. The summed E-state index contributed by atoms with van der Waals surface area (Å²) in [6, 6.07) is 4.08. The van der Waals surface area contributed by atoms with E-state index in [1.54, 1.807) is 0 Å². The van der Waals surface area contributed by atoms with Gasteiger partial charge in [0.15, 0.2) is 0 Å². The summed E-state index contributed by atoms with van der Waals surface area (Å²) < 4.78 is 73.3. The van der Waals surface area contributed by atoms with Crippen LogP contribution in [0, 0.1) is 0 Å². The number of ether oxygens (including phenoxy) is 2. The minimum Gasteiger partial charge on any atom is -0.406 e. The lowest BCUT2D eigenvalue weighted by Crippen LogP contribution is -2.45. The van der Waals surface area contributed by atoms with Gasteiger partial charge in [-0.2, -0.15) is 0 Å². The fourth-order valence-electron chi connectivity index (χ4n) is 3.23. The van der Waals surface area contributed by atoms with E-state index >= 15 is 0 Å². The zero-order valence-corrected chi connectivity index (χ0v) is 14.3. The molecular formula is C15H19F3N2O4S. The molecule has 2 aliphatic heterocycles. The van der Waals surface area contributed by atoms with Gasteiger partial charge in [0.05, 0.1) is 17.6 Å². The van der Waals surface area contributed by atoms with Crippen LogP contribution in [0.15, 0.2) is 29.2 Å². The summed E-state index contributed by atoms with van der Waals surface area (Å²) in [7, 11) is -3.81. The van der Waals surface area contributed by atoms with Crippen molar-refractivity contribution in [3.8, 4) is 5.75 Å². The van der Waals surface area contributed by atoms with E-state index in [0.29, 0.717) is 19.6 Å². The summed E-state index contributed by atoms with van der Waals surface area (Å²) in [5.74, 6) is -0.462. The van der Waals surface area contributed by atoms with Crippen LogP contribution in [0.5, 0.6) is 5.75 Å². The lowest BCUT2D eigenvalue weighted by atomic mass is 10.2. The van der Waals surface area contributed by atoms with E-state index in [1.165, 1.54) is 0 Å². The van der Waals surface area contributed by atoms with Gasteiger partial charge in [0.2, 0.25) is 10.0 Å². The molecule has 2 aliphatic rings. The third kappa shape index (κ3) is 4.63. The van der Waals surface area contributed by atoms with E-state index < -0.39 is 22.1 Å². The van der Waals surface area contributed by atoms with Crippen LogP contribution in [0.1, 0.15) is 13.3 Å². The van der Waals surface area contributed by atoms with Crippen molar-refractivity contribution >= 4 is 10.0 Å². The van der Waals surface area contributed by atoms with Crippen molar-refractivity contribution in [2.45, 2.75) is 42.8 Å². The van der Waals surface area contributed by atoms with E-state index in [9.17, 15) is 21.6 Å². The van der Waals surface area contributed by atoms with Crippen molar-refractivity contribution < 1.29 is 31.1 Å². The molecule has 0 amide bonds. The number of hydrogen-bond donors (Lipinski definition) is 1. The van der Waals surface area contributed by atoms with Crippen LogP contribution in [-0.4, -0.2) is 57.6 Å². The van der Waals surface area contributed by atoms with Crippen LogP contribution >= 0.6 is 0 Å². The van der Waals surface area contributed by atoms with Crippen LogP contribution in [0.25, 0.3) is 0 Å². The number of nitrogens with one attached hydrogen (secondary N) is 1. The van der Waals surface area contributed by atoms with Crippen molar-refractivity contribution in [2.75, 3.05) is 19.7 Å². The molecule has 3 rings (SSSR count). The van der Waals surface area contributed by atoms with E-state index in [1.807, 2.05) is 6.92 Å². The Balaban J connectivity index is 1.64. The number of rotatable bonds is 4. The minimum absolute atomic E-state index is 0.100. The number of fused-ring (bicyclic) bond motifs is 1. The smallest absolute Gasteiger partial charge is 0.406 e. The maximum atomic E-state index is 12.4. The fraction of sp³-hybridized carbons (Fsp3) is 0.600. The Bertz CT molecular complexity index is 708. The molecule has 0 aliphatic carbocycles. The van der Waals surface area contributed by atoms with Gasteiger partial charge in [0.25, 0.3) is 0 Å². The second kappa shape index (κ2) is 6.75. The lowest BCUT2D eigenvalue weighted by Gasteiger charge is -2.33. The van der Waals surface area contributed by atoms with E-state index in [2.05, 4.69) is 14.4 Å². The van der Waals surface area contributed by atoms with Gasteiger partial charge < -0.3 is 9.47 Å². The van der Waals surface area contributed by atoms with Crippen LogP contribution in [0.2, 0.25) is 0 Å². The molecule has 2 saturated heterocycles. The number of benzene rings is 1. The van der Waals surface area contributed by atoms with Crippen molar-refractivity contribution in [2.24, 2.45) is 0 Å². The molecule has 6 nitrogen and oxygen atoms in total. The number of sulfonamides is 1. The van der Waals surface area contributed by atoms with E-state index in [-0.39, 0.29) is 23.1 Å². The molecule has 0 aromatic heterocycles. The third-order valence-corrected chi connectivity index (χ3v) is 5.82. The number of morpholine rings is 1. The van der Waals surface area contributed by atoms with E-state index in [4.69, 9.17) is 4.74 Å². The molecule has 0 saturated carbocycles. The van der Waals surface area contributed by atoms with Gasteiger partial charge in [-0.1, -0.05) is 0 Å². The summed E-state index contributed by atoms with van der Waals surface area (Å²) in [6.45, 7) is 3.89. The predicted octanol–water partition coefficient (Wildman–Crippen LogP) is 1.73. The minimum atomic E-state index is -4.81. The molecule has 1 aromatic rings. The molecule has 1 aromatic carbocycles. The third-order valence-electron chi connectivity index (χ3n) is 4.28. The number of hydrogen-bond acceptors (Lipinski definition) is 5. The van der Waals surface area contributed by atoms with Crippen molar-refractivity contribution in [1.29, 1.82) is 0 Å². The van der Waals surface area contributed by atoms with Crippen LogP contribution < -0.4 is 9.46 Å². The molecular weight excluding hydrogens is 361 g/mol. The molecule has 0 unspecified atom stereocenters. The molecule has 2 heterocycles. The standard InChI is InChI=1S/C15H19F3N2O4S/c1-10-7-20-8-11(6-12(20)9-23-10)19-25(21,22)14-4-2-13(3-5-14)24-15(16,17)18/h2-5,10-12,19H,6-9H2,1H3/t10-,11+,12-/m0/s1. The van der Waals surface area contributed by atoms with Gasteiger partial charge in [-0.15, -0.1) is 13.2 Å². The lowest BCUT2D eigenvalue weighted by molar-refractivity contribution is -0.274. The van der Waals surface area contributed by atoms with Crippen molar-refractivity contribution in [3.63, 3.8) is 0 Å². The molecule has 10 heteroatoms. The molecule has 0 radical (unpaired) electrons. The Morgan fingerprint density at radius 3 is 2.56 bits per heavy atom. The summed E-state index contributed by atoms with van der Waals surface area (Å²) in [6.07, 6.45) is -4.05. The highest BCUT2D eigenvalue weighted by atomic mass is 32.2. The Kier molecular flexibility index (Phi) is 4.97. The summed E-state index contributed by atoms with van der Waals surface area (Å²) in [5, 5.41) is 0. The number of nitrogens with zero attached hydrogens (tertiary/aromatic N) is 1. The zero-order valence-electron chi connectivity index (χ0n) is 13.5. The maximum absolute atomic E-state index is 12.4. The summed E-state index contributed by atoms with van der Waals surface area (Å²) in [5.41, 5.74) is 0. The molecule has 1 N–H and O–H groups in total. The highest BCUT2D eigenvalue weighted by molar-refractivity contribution is 7.89. The average Bonchev–Trinajstić information content (AvgIpc) is 2.86. The normalized spacial score (nSPS) is 27.9. The summed E-state index contributed by atoms with van der Waals surface area (Å²) >= 11 is 0. The van der Waals surface area contributed by atoms with Gasteiger partial charge in [-0.25, -0.2) is 13.1 Å². The van der Waals surface area contributed by atoms with Gasteiger partial charge in [-0.3, -0.25) is 4.90 Å². The van der Waals surface area contributed by atoms with E-state index in [0.717, 1.165) is 30.8 Å². The Morgan fingerprint density at radius 2 is 1.92 bits per heavy atom. The molecule has 0 bridgehead atoms. The Hall–Kier alpha value is -1.36. The molecule has 2 fully saturated rings. The van der Waals surface area contributed by atoms with Crippen molar-refractivity contribution in [3.05, 3.63) is 24.3 Å². The first kappa shape index (κ1) is 18.4. The van der Waals surface area contributed by atoms with Crippen LogP contribution in [0.3, 0.4) is 0 Å². The average molecular weight is 380 g/mol. The molecule has 0 spiro atoms. The number of alkyl halides is 3. The van der Waals surface area contributed by atoms with Gasteiger partial charge in [-0.05, 0) is 37.6 Å². The first-order valence-electron chi connectivity index (χ1n) is 7.86. The van der Waals surface area contributed by atoms with Gasteiger partial charge in [0, 0.05) is 25.2 Å². The Morgan fingerprint density at radius 1 is 1.24 bits per heavy atom. The topological polar surface area (TPSA) is 67.9 Å². The number of halogens is 3. The highest BCUT2D eigenvalue weighted by Crippen LogP contribution is 2.26. The molecule has 140 valence electrons. The Labute approximate surface area is 143 Å². The first-order valence-corrected chi connectivity index (χ1v) is 9.34. The fourth-order valence-corrected chi connectivity index (χ4v) is 4.47. The van der Waals surface area contributed by atoms with Crippen LogP contribution in [-0.2, 0) is 14.8 Å². The van der Waals surface area contributed by atoms with Gasteiger partial charge in [0.1, 0.15) is 5.75 Å². The van der Waals surface area contributed by atoms with Crippen molar-refractivity contribution in [1.82, 2.24) is 9.62 Å². The largest absolute Gasteiger partial charge is 0.573 e. The monoisotopic (exact) mass is 380 g/mol. The first-order chi connectivity index (χ1) is 11.6.